The number of carbonyl (C=O) groups is 1. The summed E-state index contributed by atoms with van der Waals surface area (Å²) in [5.74, 6) is 0. The van der Waals surface area contributed by atoms with Crippen molar-refractivity contribution < 1.29 is 37.0 Å². The normalized spacial score (nSPS) is 4.00. The van der Waals surface area contributed by atoms with Gasteiger partial charge in [-0.2, -0.15) is 0 Å². The molecule has 0 aliphatic heterocycles. The first-order valence-electron chi connectivity index (χ1n) is 0.612. The van der Waals surface area contributed by atoms with Gasteiger partial charge in [0.05, 0.1) is 0 Å². The van der Waals surface area contributed by atoms with E-state index in [1.807, 2.05) is 0 Å². The van der Waals surface area contributed by atoms with Crippen molar-refractivity contribution in [1.82, 2.24) is 0 Å². The summed E-state index contributed by atoms with van der Waals surface area (Å²) in [7, 11) is 0. The topological polar surface area (TPSA) is 93.2 Å². The summed E-state index contributed by atoms with van der Waals surface area (Å²) < 4.78 is 0. The van der Waals surface area contributed by atoms with Gasteiger partial charge in [-0.25, -0.2) is 0 Å². The van der Waals surface area contributed by atoms with Crippen LogP contribution >= 0.6 is 0 Å². The number of rotatable bonds is 0. The SMILES string of the molecule is O=C([O-])[O-].[Ni].[OH-]. The van der Waals surface area contributed by atoms with Gasteiger partial charge in [0, 0.05) is 16.5 Å². The molecular formula is CHNiO4-3. The van der Waals surface area contributed by atoms with Crippen LogP contribution in [0.15, 0.2) is 0 Å². The van der Waals surface area contributed by atoms with E-state index >= 15 is 0 Å². The monoisotopic (exact) mass is 135 g/mol. The summed E-state index contributed by atoms with van der Waals surface area (Å²) >= 11 is 0. The second-order valence-corrected chi connectivity index (χ2v) is 0.250. The van der Waals surface area contributed by atoms with Crippen LogP contribution in [-0.4, -0.2) is 11.6 Å². The van der Waals surface area contributed by atoms with Gasteiger partial charge in [0.15, 0.2) is 0 Å². The van der Waals surface area contributed by atoms with Crippen molar-refractivity contribution in [1.29, 1.82) is 0 Å². The zero-order valence-corrected chi connectivity index (χ0v) is 3.48. The van der Waals surface area contributed by atoms with E-state index in [0.29, 0.717) is 0 Å². The molecule has 0 saturated heterocycles. The third-order valence-corrected chi connectivity index (χ3v) is 0. The Kier molecular flexibility index (Phi) is 25.3. The number of hydrogen-bond acceptors (Lipinski definition) is 4. The maximum Gasteiger partial charge on any atom is 0 e. The molecule has 1 N–H and O–H groups in total. The van der Waals surface area contributed by atoms with Gasteiger partial charge in [-0.15, -0.1) is 0 Å². The summed E-state index contributed by atoms with van der Waals surface area (Å²) in [4.78, 5) is 8.33. The van der Waals surface area contributed by atoms with Gasteiger partial charge in [-0.3, -0.25) is 0 Å². The molecule has 0 aromatic carbocycles. The quantitative estimate of drug-likeness (QED) is 0.340. The molecule has 4 nitrogen and oxygen atoms in total. The van der Waals surface area contributed by atoms with Gasteiger partial charge >= 0.3 is 0 Å². The van der Waals surface area contributed by atoms with E-state index < -0.39 is 6.16 Å². The molecule has 0 amide bonds. The van der Waals surface area contributed by atoms with Crippen molar-refractivity contribution >= 4 is 6.16 Å². The molecule has 0 aliphatic carbocycles. The molecule has 0 spiro atoms. The van der Waals surface area contributed by atoms with E-state index in [2.05, 4.69) is 0 Å². The van der Waals surface area contributed by atoms with Gasteiger partial charge < -0.3 is 20.5 Å². The van der Waals surface area contributed by atoms with Crippen LogP contribution in [0.5, 0.6) is 0 Å². The summed E-state index contributed by atoms with van der Waals surface area (Å²) in [6.07, 6.45) is -2.33. The molecule has 0 rings (SSSR count). The van der Waals surface area contributed by atoms with Crippen LogP contribution in [-0.2, 0) is 16.5 Å². The number of carbonyl (C=O) groups excluding carboxylic acids is 1. The number of hydrogen-bond donors (Lipinski definition) is 0. The zero-order chi connectivity index (χ0) is 3.58. The molecule has 0 saturated carbocycles. The van der Waals surface area contributed by atoms with Crippen molar-refractivity contribution in [3.05, 3.63) is 0 Å². The van der Waals surface area contributed by atoms with Crippen molar-refractivity contribution in [2.45, 2.75) is 0 Å². The van der Waals surface area contributed by atoms with Gasteiger partial charge in [-0.1, -0.05) is 0 Å². The molecule has 0 fully saturated rings. The van der Waals surface area contributed by atoms with Crippen LogP contribution in [0, 0.1) is 0 Å². The Morgan fingerprint density at radius 1 is 1.33 bits per heavy atom. The summed E-state index contributed by atoms with van der Waals surface area (Å²) in [6, 6.07) is 0. The zero-order valence-electron chi connectivity index (χ0n) is 2.49. The average Bonchev–Trinajstić information content (AvgIpc) is 0.811. The number of carboxylic acid groups (broad SMARTS) is 2. The fourth-order valence-corrected chi connectivity index (χ4v) is 0. The summed E-state index contributed by atoms with van der Waals surface area (Å²) in [6.45, 7) is 0. The van der Waals surface area contributed by atoms with E-state index in [-0.39, 0.29) is 22.0 Å². The molecule has 42 valence electrons. The van der Waals surface area contributed by atoms with Crippen LogP contribution in [0.4, 0.5) is 4.79 Å². The standard InChI is InChI=1S/CH2O3.Ni.H2O/c2-1(3)4;;/h(H2,2,3,4);;1H2/p-3. The second-order valence-electron chi connectivity index (χ2n) is 0.250. The predicted octanol–water partition coefficient (Wildman–Crippen LogP) is -2.63. The molecule has 0 radical (unpaired) electrons. The van der Waals surface area contributed by atoms with Gasteiger partial charge in [0.1, 0.15) is 0 Å². The molecule has 0 aromatic heterocycles. The van der Waals surface area contributed by atoms with Crippen LogP contribution in [0.25, 0.3) is 0 Å². The van der Waals surface area contributed by atoms with Gasteiger partial charge in [0.2, 0.25) is 0 Å². The Labute approximate surface area is 44.0 Å². The van der Waals surface area contributed by atoms with Crippen molar-refractivity contribution in [2.75, 3.05) is 0 Å². The van der Waals surface area contributed by atoms with Crippen LogP contribution in [0.3, 0.4) is 0 Å². The van der Waals surface area contributed by atoms with E-state index in [1.54, 1.807) is 0 Å². The minimum absolute atomic E-state index is 0. The smallest absolute Gasteiger partial charge is 0 e. The minimum Gasteiger partial charge on any atom is -0.870 e. The van der Waals surface area contributed by atoms with Crippen molar-refractivity contribution in [2.24, 2.45) is 0 Å². The Balaban J connectivity index is -0.0000000450. The molecule has 5 heteroatoms. The second kappa shape index (κ2) is 8.83. The summed E-state index contributed by atoms with van der Waals surface area (Å²) in [5, 5.41) is 16.7. The third-order valence-electron chi connectivity index (χ3n) is 0. The average molecular weight is 136 g/mol. The van der Waals surface area contributed by atoms with E-state index in [1.165, 1.54) is 0 Å². The first-order valence-corrected chi connectivity index (χ1v) is 0.612. The van der Waals surface area contributed by atoms with Gasteiger partial charge in [-0.05, 0) is 6.16 Å². The Morgan fingerprint density at radius 2 is 1.33 bits per heavy atom. The van der Waals surface area contributed by atoms with E-state index in [0.717, 1.165) is 0 Å². The first-order chi connectivity index (χ1) is 1.73. The van der Waals surface area contributed by atoms with Crippen LogP contribution < -0.4 is 10.2 Å². The van der Waals surface area contributed by atoms with Crippen molar-refractivity contribution in [3.8, 4) is 0 Å². The fraction of sp³-hybridized carbons (Fsp3) is 0. The fourth-order valence-electron chi connectivity index (χ4n) is 0. The molecular weight excluding hydrogens is 135 g/mol. The Bertz CT molecular complexity index is 30.5. The first kappa shape index (κ1) is 17.2. The predicted molar refractivity (Wildman–Crippen MR) is 7.33 cm³/mol. The van der Waals surface area contributed by atoms with Gasteiger partial charge in [0.25, 0.3) is 0 Å². The molecule has 0 unspecified atom stereocenters. The Hall–Kier alpha value is -0.276. The third kappa shape index (κ3) is 361. The van der Waals surface area contributed by atoms with E-state index in [4.69, 9.17) is 15.0 Å². The van der Waals surface area contributed by atoms with Crippen LogP contribution in [0.1, 0.15) is 0 Å². The Morgan fingerprint density at radius 3 is 1.33 bits per heavy atom. The maximum atomic E-state index is 8.33. The molecule has 0 bridgehead atoms. The molecule has 6 heavy (non-hydrogen) atoms. The molecule has 0 aliphatic rings. The summed E-state index contributed by atoms with van der Waals surface area (Å²) in [5.41, 5.74) is 0. The van der Waals surface area contributed by atoms with E-state index in [9.17, 15) is 0 Å². The van der Waals surface area contributed by atoms with Crippen LogP contribution in [0.2, 0.25) is 0 Å². The van der Waals surface area contributed by atoms with Crippen molar-refractivity contribution in [3.63, 3.8) is 0 Å². The molecule has 0 atom stereocenters. The minimum atomic E-state index is -2.33. The molecule has 0 heterocycles. The molecule has 0 aromatic rings. The largest absolute Gasteiger partial charge is 0.870 e. The maximum absolute atomic E-state index is 8.33.